The van der Waals surface area contributed by atoms with Crippen molar-refractivity contribution < 1.29 is 37.3 Å². The van der Waals surface area contributed by atoms with Gasteiger partial charge in [0.1, 0.15) is 24.3 Å². The molecule has 0 aromatic heterocycles. The minimum atomic E-state index is -5.08. The van der Waals surface area contributed by atoms with Crippen LogP contribution >= 0.6 is 0 Å². The molecule has 1 aromatic rings. The first-order valence-corrected chi connectivity index (χ1v) is 7.48. The van der Waals surface area contributed by atoms with Crippen LogP contribution in [0.3, 0.4) is 0 Å². The summed E-state index contributed by atoms with van der Waals surface area (Å²) in [7, 11) is 0. The Kier molecular flexibility index (Phi) is 8.59. The lowest BCUT2D eigenvalue weighted by Gasteiger charge is -2.28. The molecule has 1 unspecified atom stereocenters. The fourth-order valence-electron chi connectivity index (χ4n) is 1.97. The molecular weight excluding hydrogens is 348 g/mol. The number of aliphatic carboxylic acids is 1. The van der Waals surface area contributed by atoms with E-state index in [-0.39, 0.29) is 12.4 Å². The van der Waals surface area contributed by atoms with Crippen molar-refractivity contribution in [3.05, 3.63) is 30.1 Å². The summed E-state index contributed by atoms with van der Waals surface area (Å²) in [5.74, 6) is -2.47. The number of carboxylic acids is 1. The van der Waals surface area contributed by atoms with E-state index in [0.29, 0.717) is 12.3 Å². The van der Waals surface area contributed by atoms with E-state index in [1.807, 2.05) is 0 Å². The molecule has 0 radical (unpaired) electrons. The zero-order valence-electron chi connectivity index (χ0n) is 13.3. The second kappa shape index (κ2) is 10.2. The average Bonchev–Trinajstić information content (AvgIpc) is 2.55. The molecule has 3 N–H and O–H groups in total. The number of hydrogen-bond donors (Lipinski definition) is 3. The van der Waals surface area contributed by atoms with Gasteiger partial charge in [0.15, 0.2) is 0 Å². The van der Waals surface area contributed by atoms with Crippen LogP contribution < -0.4 is 10.1 Å². The highest BCUT2D eigenvalue weighted by Gasteiger charge is 2.38. The van der Waals surface area contributed by atoms with Crippen molar-refractivity contribution in [2.75, 3.05) is 39.3 Å². The lowest BCUT2D eigenvalue weighted by Crippen LogP contribution is -2.47. The molecule has 1 aliphatic heterocycles. The number of rotatable bonds is 5. The summed E-state index contributed by atoms with van der Waals surface area (Å²) in [6, 6.07) is 5.82. The van der Waals surface area contributed by atoms with Crippen molar-refractivity contribution in [1.82, 2.24) is 10.2 Å². The molecule has 1 fully saturated rings. The summed E-state index contributed by atoms with van der Waals surface area (Å²) in [5.41, 5.74) is 0. The molecule has 1 aromatic carbocycles. The van der Waals surface area contributed by atoms with E-state index in [0.717, 1.165) is 26.2 Å². The van der Waals surface area contributed by atoms with Crippen molar-refractivity contribution in [3.63, 3.8) is 0 Å². The van der Waals surface area contributed by atoms with Gasteiger partial charge in [-0.25, -0.2) is 9.18 Å². The van der Waals surface area contributed by atoms with Crippen molar-refractivity contribution in [2.45, 2.75) is 12.3 Å². The van der Waals surface area contributed by atoms with Gasteiger partial charge in [0.05, 0.1) is 0 Å². The number of aliphatic hydroxyl groups is 1. The molecule has 10 heteroatoms. The number of benzene rings is 1. The molecule has 1 atom stereocenters. The Bertz CT molecular complexity index is 519. The maximum atomic E-state index is 12.7. The smallest absolute Gasteiger partial charge is 0.490 e. The quantitative estimate of drug-likeness (QED) is 0.676. The van der Waals surface area contributed by atoms with Crippen molar-refractivity contribution in [3.8, 4) is 5.75 Å². The number of carbonyl (C=O) groups is 1. The molecule has 25 heavy (non-hydrogen) atoms. The predicted molar refractivity (Wildman–Crippen MR) is 80.9 cm³/mol. The minimum Gasteiger partial charge on any atom is -0.491 e. The lowest BCUT2D eigenvalue weighted by atomic mass is 10.3. The highest BCUT2D eigenvalue weighted by atomic mass is 19.4. The Labute approximate surface area is 142 Å². The van der Waals surface area contributed by atoms with Gasteiger partial charge < -0.3 is 20.3 Å². The zero-order chi connectivity index (χ0) is 18.9. The van der Waals surface area contributed by atoms with Gasteiger partial charge in [0.2, 0.25) is 0 Å². The number of piperazine rings is 1. The molecule has 0 amide bonds. The lowest BCUT2D eigenvalue weighted by molar-refractivity contribution is -0.192. The third-order valence-electron chi connectivity index (χ3n) is 3.18. The van der Waals surface area contributed by atoms with Gasteiger partial charge in [0.25, 0.3) is 0 Å². The Morgan fingerprint density at radius 1 is 1.24 bits per heavy atom. The second-order valence-corrected chi connectivity index (χ2v) is 5.27. The molecule has 1 heterocycles. The van der Waals surface area contributed by atoms with Gasteiger partial charge in [-0.1, -0.05) is 0 Å². The number of nitrogens with one attached hydrogen (secondary N) is 1. The summed E-state index contributed by atoms with van der Waals surface area (Å²) in [6.45, 7) is 4.68. The maximum Gasteiger partial charge on any atom is 0.490 e. The highest BCUT2D eigenvalue weighted by Crippen LogP contribution is 2.13. The number of ether oxygens (including phenoxy) is 1. The van der Waals surface area contributed by atoms with Crippen LogP contribution in [-0.4, -0.2) is 72.7 Å². The standard InChI is InChI=1S/C13H19FN2O2.C2HF3O2/c14-11-1-3-13(4-2-11)18-10-12(17)9-16-7-5-15-6-8-16;3-2(4,5)1(6)7/h1-4,12,15,17H,5-10H2;(H,6,7). The fraction of sp³-hybridized carbons (Fsp3) is 0.533. The number of hydrogen-bond acceptors (Lipinski definition) is 5. The summed E-state index contributed by atoms with van der Waals surface area (Å²) < 4.78 is 49.8. The van der Waals surface area contributed by atoms with E-state index >= 15 is 0 Å². The van der Waals surface area contributed by atoms with Crippen LogP contribution in [0.4, 0.5) is 17.6 Å². The molecule has 0 saturated carbocycles. The Hall–Kier alpha value is -1.91. The summed E-state index contributed by atoms with van der Waals surface area (Å²) >= 11 is 0. The summed E-state index contributed by atoms with van der Waals surface area (Å²) in [5, 5.41) is 20.2. The first-order valence-electron chi connectivity index (χ1n) is 7.48. The Balaban J connectivity index is 0.000000381. The van der Waals surface area contributed by atoms with Gasteiger partial charge in [-0.05, 0) is 24.3 Å². The molecular formula is C15H20F4N2O4. The second-order valence-electron chi connectivity index (χ2n) is 5.27. The highest BCUT2D eigenvalue weighted by molar-refractivity contribution is 5.73. The average molecular weight is 368 g/mol. The molecule has 142 valence electrons. The van der Waals surface area contributed by atoms with E-state index in [4.69, 9.17) is 14.6 Å². The van der Waals surface area contributed by atoms with Crippen LogP contribution in [0.2, 0.25) is 0 Å². The van der Waals surface area contributed by atoms with Crippen LogP contribution in [0.25, 0.3) is 0 Å². The minimum absolute atomic E-state index is 0.232. The molecule has 1 saturated heterocycles. The van der Waals surface area contributed by atoms with Crippen molar-refractivity contribution in [2.24, 2.45) is 0 Å². The van der Waals surface area contributed by atoms with Crippen molar-refractivity contribution in [1.29, 1.82) is 0 Å². The van der Waals surface area contributed by atoms with E-state index in [2.05, 4.69) is 10.2 Å². The third kappa shape index (κ3) is 9.22. The van der Waals surface area contributed by atoms with Crippen LogP contribution in [-0.2, 0) is 4.79 Å². The molecule has 1 aliphatic rings. The number of alkyl halides is 3. The third-order valence-corrected chi connectivity index (χ3v) is 3.18. The fourth-order valence-corrected chi connectivity index (χ4v) is 1.97. The largest absolute Gasteiger partial charge is 0.491 e. The van der Waals surface area contributed by atoms with E-state index in [1.54, 1.807) is 12.1 Å². The summed E-state index contributed by atoms with van der Waals surface area (Å²) in [6.07, 6.45) is -5.60. The topological polar surface area (TPSA) is 82.0 Å². The molecule has 0 spiro atoms. The van der Waals surface area contributed by atoms with E-state index in [9.17, 15) is 22.7 Å². The SMILES string of the molecule is O=C(O)C(F)(F)F.OC(COc1ccc(F)cc1)CN1CCNCC1. The monoisotopic (exact) mass is 368 g/mol. The van der Waals surface area contributed by atoms with E-state index in [1.165, 1.54) is 12.1 Å². The zero-order valence-corrected chi connectivity index (χ0v) is 13.3. The van der Waals surface area contributed by atoms with Gasteiger partial charge in [-0.2, -0.15) is 13.2 Å². The molecule has 2 rings (SSSR count). The molecule has 0 bridgehead atoms. The Morgan fingerprint density at radius 2 is 1.76 bits per heavy atom. The predicted octanol–water partition coefficient (Wildman–Crippen LogP) is 1.10. The van der Waals surface area contributed by atoms with Gasteiger partial charge in [-0.15, -0.1) is 0 Å². The molecule has 0 aliphatic carbocycles. The maximum absolute atomic E-state index is 12.7. The normalized spacial score (nSPS) is 16.5. The van der Waals surface area contributed by atoms with E-state index < -0.39 is 18.2 Å². The first-order chi connectivity index (χ1) is 11.7. The molecule has 6 nitrogen and oxygen atoms in total. The van der Waals surface area contributed by atoms with Gasteiger partial charge in [-0.3, -0.25) is 4.90 Å². The van der Waals surface area contributed by atoms with Gasteiger partial charge >= 0.3 is 12.1 Å². The Morgan fingerprint density at radius 3 is 2.24 bits per heavy atom. The number of carboxylic acid groups (broad SMARTS) is 1. The van der Waals surface area contributed by atoms with Crippen LogP contribution in [0.5, 0.6) is 5.75 Å². The number of halogens is 4. The van der Waals surface area contributed by atoms with Crippen molar-refractivity contribution >= 4 is 5.97 Å². The number of aliphatic hydroxyl groups excluding tert-OH is 1. The van der Waals surface area contributed by atoms with Crippen LogP contribution in [0.15, 0.2) is 24.3 Å². The summed E-state index contributed by atoms with van der Waals surface area (Å²) in [4.78, 5) is 11.1. The van der Waals surface area contributed by atoms with Crippen LogP contribution in [0.1, 0.15) is 0 Å². The van der Waals surface area contributed by atoms with Gasteiger partial charge in [0, 0.05) is 32.7 Å². The first kappa shape index (κ1) is 21.1. The van der Waals surface area contributed by atoms with Crippen LogP contribution in [0, 0.1) is 5.82 Å². The number of nitrogens with zero attached hydrogens (tertiary/aromatic N) is 1. The number of β-amino-alcohol motifs (C(OH)–C–C–N with tert-alkyl or cyclic N) is 1.